The van der Waals surface area contributed by atoms with Gasteiger partial charge in [-0.05, 0) is 28.1 Å². The number of hydrogen-bond donors (Lipinski definition) is 2. The van der Waals surface area contributed by atoms with E-state index >= 15 is 0 Å². The van der Waals surface area contributed by atoms with Crippen molar-refractivity contribution in [3.63, 3.8) is 0 Å². The summed E-state index contributed by atoms with van der Waals surface area (Å²) >= 11 is 8.89. The zero-order chi connectivity index (χ0) is 6.91. The van der Waals surface area contributed by atoms with E-state index in [1.165, 1.54) is 0 Å². The van der Waals surface area contributed by atoms with Crippen molar-refractivity contribution < 1.29 is 0 Å². The van der Waals surface area contributed by atoms with Gasteiger partial charge in [0.1, 0.15) is 0 Å². The van der Waals surface area contributed by atoms with Gasteiger partial charge in [-0.25, -0.2) is 0 Å². The third kappa shape index (κ3) is 2.01. The van der Waals surface area contributed by atoms with Gasteiger partial charge in [0, 0.05) is 10.7 Å². The second-order valence-corrected chi connectivity index (χ2v) is 3.32. The molecule has 2 nitrogen and oxygen atoms in total. The van der Waals surface area contributed by atoms with Crippen LogP contribution in [0.2, 0.25) is 0 Å². The van der Waals surface area contributed by atoms with Crippen LogP contribution in [0.5, 0.6) is 0 Å². The van der Waals surface area contributed by atoms with Gasteiger partial charge in [0.2, 0.25) is 0 Å². The lowest BCUT2D eigenvalue weighted by atomic mass is 10.3. The molecule has 0 aromatic heterocycles. The Balaban J connectivity index is 2.70. The smallest absolute Gasteiger partial charge is 0.183 e. The molecule has 1 atom stereocenters. The van der Waals surface area contributed by atoms with Crippen LogP contribution in [0.1, 0.15) is 0 Å². The van der Waals surface area contributed by atoms with Crippen LogP contribution in [0, 0.1) is 0 Å². The normalized spacial score (nSPS) is 33.4. The summed E-state index contributed by atoms with van der Waals surface area (Å²) in [5, 5.41) is 1.85. The minimum Gasteiger partial charge on any atom is -0.357 e. The van der Waals surface area contributed by atoms with Gasteiger partial charge >= 0.3 is 0 Å². The van der Waals surface area contributed by atoms with E-state index in [-0.39, 0.29) is 0 Å². The summed E-state index contributed by atoms with van der Waals surface area (Å²) in [6.07, 6.45) is 5.16. The van der Waals surface area contributed by atoms with Gasteiger partial charge in [0.15, 0.2) is 5.12 Å². The summed E-state index contributed by atoms with van der Waals surface area (Å²) in [6.45, 7) is 0. The molecule has 0 aliphatic carbocycles. The monoisotopic (exact) mass is 208 g/mol. The van der Waals surface area contributed by atoms with Crippen LogP contribution in [0.25, 0.3) is 0 Å². The highest BCUT2D eigenvalue weighted by Gasteiger charge is 2.16. The van der Waals surface area contributed by atoms with E-state index in [2.05, 4.69) is 21.2 Å². The van der Waals surface area contributed by atoms with Crippen molar-refractivity contribution in [3.05, 3.63) is 22.8 Å². The Kier molecular flexibility index (Phi) is 1.84. The molecule has 1 unspecified atom stereocenters. The Morgan fingerprint density at radius 1 is 1.78 bits per heavy atom. The highest BCUT2D eigenvalue weighted by Crippen LogP contribution is 2.15. The molecule has 3 N–H and O–H groups in total. The average Bonchev–Trinajstić information content (AvgIpc) is 1.78. The Bertz CT molecular complexity index is 174. The third-order valence-corrected chi connectivity index (χ3v) is 1.64. The third-order valence-electron chi connectivity index (χ3n) is 0.916. The molecule has 9 heavy (non-hydrogen) atoms. The van der Waals surface area contributed by atoms with Crippen LogP contribution >= 0.6 is 27.5 Å². The molecule has 0 saturated carbocycles. The first-order chi connectivity index (χ1) is 4.10. The summed E-state index contributed by atoms with van der Waals surface area (Å²) in [6, 6.07) is 0. The number of alkyl halides is 1. The highest BCUT2D eigenvalue weighted by molar-refractivity contribution is 9.11. The van der Waals surface area contributed by atoms with Gasteiger partial charge in [-0.15, -0.1) is 0 Å². The van der Waals surface area contributed by atoms with Gasteiger partial charge in [0.25, 0.3) is 0 Å². The van der Waals surface area contributed by atoms with Crippen molar-refractivity contribution in [2.24, 2.45) is 5.73 Å². The van der Waals surface area contributed by atoms with Crippen molar-refractivity contribution in [2.45, 2.75) is 5.12 Å². The van der Waals surface area contributed by atoms with Crippen LogP contribution in [0.4, 0.5) is 0 Å². The van der Waals surface area contributed by atoms with E-state index < -0.39 is 5.12 Å². The van der Waals surface area contributed by atoms with Gasteiger partial charge in [0.05, 0.1) is 0 Å². The van der Waals surface area contributed by atoms with Crippen LogP contribution in [-0.4, -0.2) is 5.12 Å². The first-order valence-electron chi connectivity index (χ1n) is 2.40. The molecular weight excluding hydrogens is 203 g/mol. The summed E-state index contributed by atoms with van der Waals surface area (Å²) in [7, 11) is 0. The first kappa shape index (κ1) is 7.12. The van der Waals surface area contributed by atoms with Crippen LogP contribution in [-0.2, 0) is 0 Å². The van der Waals surface area contributed by atoms with E-state index in [0.717, 1.165) is 4.48 Å². The number of nitrogens with one attached hydrogen (secondary N) is 1. The lowest BCUT2D eigenvalue weighted by Gasteiger charge is -2.20. The molecular formula is C5H6BrClN2. The van der Waals surface area contributed by atoms with E-state index in [1.54, 1.807) is 18.4 Å². The van der Waals surface area contributed by atoms with Crippen LogP contribution in [0.15, 0.2) is 22.8 Å². The van der Waals surface area contributed by atoms with Gasteiger partial charge in [-0.3, -0.25) is 5.73 Å². The molecule has 1 aliphatic heterocycles. The lowest BCUT2D eigenvalue weighted by Crippen LogP contribution is -2.44. The molecule has 50 valence electrons. The molecule has 0 radical (unpaired) electrons. The number of allylic oxidation sites excluding steroid dienone is 2. The molecule has 1 aliphatic rings. The van der Waals surface area contributed by atoms with Crippen molar-refractivity contribution in [2.75, 3.05) is 0 Å². The summed E-state index contributed by atoms with van der Waals surface area (Å²) < 4.78 is 0.934. The molecule has 0 bridgehead atoms. The maximum absolute atomic E-state index is 5.65. The standard InChI is InChI=1S/C5H6BrClN2/c6-4-1-2-5(7,8)9-3-4/h1-3,9H,8H2. The van der Waals surface area contributed by atoms with Crippen molar-refractivity contribution >= 4 is 27.5 Å². The summed E-state index contributed by atoms with van der Waals surface area (Å²) in [4.78, 5) is 0. The molecule has 1 rings (SSSR count). The highest BCUT2D eigenvalue weighted by atomic mass is 79.9. The second-order valence-electron chi connectivity index (χ2n) is 1.77. The molecule has 0 amide bonds. The Morgan fingerprint density at radius 3 is 2.78 bits per heavy atom. The number of halogens is 2. The fourth-order valence-corrected chi connectivity index (χ4v) is 0.841. The minimum absolute atomic E-state index is 0.905. The average molecular weight is 209 g/mol. The second kappa shape index (κ2) is 2.33. The molecule has 4 heteroatoms. The van der Waals surface area contributed by atoms with Gasteiger partial charge in [-0.2, -0.15) is 0 Å². The maximum Gasteiger partial charge on any atom is 0.183 e. The minimum atomic E-state index is -0.905. The lowest BCUT2D eigenvalue weighted by molar-refractivity contribution is 0.652. The van der Waals surface area contributed by atoms with Gasteiger partial charge in [-0.1, -0.05) is 11.6 Å². The Labute approximate surface area is 66.9 Å². The fourth-order valence-electron chi connectivity index (χ4n) is 0.477. The van der Waals surface area contributed by atoms with E-state index in [0.29, 0.717) is 0 Å². The predicted molar refractivity (Wildman–Crippen MR) is 42.1 cm³/mol. The zero-order valence-electron chi connectivity index (χ0n) is 4.57. The van der Waals surface area contributed by atoms with E-state index in [4.69, 9.17) is 17.3 Å². The largest absolute Gasteiger partial charge is 0.357 e. The number of nitrogens with two attached hydrogens (primary N) is 1. The SMILES string of the molecule is NC1(Cl)C=CC(Br)=CN1. The zero-order valence-corrected chi connectivity index (χ0v) is 6.91. The van der Waals surface area contributed by atoms with E-state index in [1.807, 2.05) is 0 Å². The molecule has 0 saturated heterocycles. The van der Waals surface area contributed by atoms with Crippen LogP contribution in [0.3, 0.4) is 0 Å². The fraction of sp³-hybridized carbons (Fsp3) is 0.200. The quantitative estimate of drug-likeness (QED) is 0.465. The maximum atomic E-state index is 5.65. The number of rotatable bonds is 0. The Hall–Kier alpha value is 0.01000. The Morgan fingerprint density at radius 2 is 2.44 bits per heavy atom. The first-order valence-corrected chi connectivity index (χ1v) is 3.58. The predicted octanol–water partition coefficient (Wildman–Crippen LogP) is 1.23. The van der Waals surface area contributed by atoms with Crippen molar-refractivity contribution in [3.8, 4) is 0 Å². The molecule has 0 aromatic carbocycles. The summed E-state index contributed by atoms with van der Waals surface area (Å²) in [5.74, 6) is 0. The summed E-state index contributed by atoms with van der Waals surface area (Å²) in [5.41, 5.74) is 5.44. The molecule has 0 aromatic rings. The van der Waals surface area contributed by atoms with Crippen LogP contribution < -0.4 is 11.1 Å². The van der Waals surface area contributed by atoms with Crippen molar-refractivity contribution in [1.82, 2.24) is 5.32 Å². The van der Waals surface area contributed by atoms with Crippen molar-refractivity contribution in [1.29, 1.82) is 0 Å². The van der Waals surface area contributed by atoms with E-state index in [9.17, 15) is 0 Å². The topological polar surface area (TPSA) is 38.0 Å². The molecule has 0 spiro atoms. The number of dihydropyridines is 1. The molecule has 1 heterocycles. The van der Waals surface area contributed by atoms with Gasteiger partial charge < -0.3 is 5.32 Å². The number of hydrogen-bond acceptors (Lipinski definition) is 2. The molecule has 0 fully saturated rings.